The maximum Gasteiger partial charge on any atom is 0.233 e. The van der Waals surface area contributed by atoms with Crippen LogP contribution < -0.4 is 5.73 Å². The van der Waals surface area contributed by atoms with Crippen LogP contribution in [0.25, 0.3) is 0 Å². The minimum absolute atomic E-state index is 0.0122. The van der Waals surface area contributed by atoms with Crippen molar-refractivity contribution in [2.24, 2.45) is 17.6 Å². The summed E-state index contributed by atoms with van der Waals surface area (Å²) in [6, 6.07) is 5.76. The lowest BCUT2D eigenvalue weighted by Crippen LogP contribution is -2.37. The second-order valence-electron chi connectivity index (χ2n) is 6.38. The molecule has 21 heavy (non-hydrogen) atoms. The van der Waals surface area contributed by atoms with Crippen molar-refractivity contribution in [3.05, 3.63) is 34.9 Å². The monoisotopic (exact) mass is 286 g/mol. The third-order valence-electron chi connectivity index (χ3n) is 5.02. The van der Waals surface area contributed by atoms with Gasteiger partial charge in [-0.15, -0.1) is 0 Å². The molecule has 4 heteroatoms. The van der Waals surface area contributed by atoms with Gasteiger partial charge in [-0.2, -0.15) is 0 Å². The van der Waals surface area contributed by atoms with Crippen LogP contribution >= 0.6 is 0 Å². The average molecular weight is 286 g/mol. The second kappa shape index (κ2) is 5.26. The molecule has 3 atom stereocenters. The molecule has 0 bridgehead atoms. The quantitative estimate of drug-likeness (QED) is 0.865. The van der Waals surface area contributed by atoms with E-state index in [1.54, 1.807) is 0 Å². The number of aryl methyl sites for hydroxylation is 2. The van der Waals surface area contributed by atoms with E-state index >= 15 is 0 Å². The Morgan fingerprint density at radius 3 is 2.33 bits per heavy atom. The Hall–Kier alpha value is -1.68. The molecule has 1 saturated carbocycles. The van der Waals surface area contributed by atoms with E-state index in [2.05, 4.69) is 6.92 Å². The van der Waals surface area contributed by atoms with Crippen molar-refractivity contribution >= 4 is 11.8 Å². The van der Waals surface area contributed by atoms with E-state index in [4.69, 9.17) is 5.73 Å². The zero-order valence-corrected chi connectivity index (χ0v) is 12.6. The van der Waals surface area contributed by atoms with Gasteiger partial charge in [-0.25, -0.2) is 0 Å². The Balaban J connectivity index is 1.75. The lowest BCUT2D eigenvalue weighted by Gasteiger charge is -2.21. The van der Waals surface area contributed by atoms with Crippen LogP contribution in [0.15, 0.2) is 18.2 Å². The van der Waals surface area contributed by atoms with Gasteiger partial charge in [0.15, 0.2) is 0 Å². The molecule has 112 valence electrons. The van der Waals surface area contributed by atoms with Gasteiger partial charge in [0.25, 0.3) is 0 Å². The average Bonchev–Trinajstić information content (AvgIpc) is 3.02. The zero-order valence-electron chi connectivity index (χ0n) is 12.6. The zero-order chi connectivity index (χ0) is 15.1. The van der Waals surface area contributed by atoms with Gasteiger partial charge in [-0.1, -0.05) is 24.6 Å². The molecule has 1 aliphatic carbocycles. The molecule has 1 saturated heterocycles. The normalized spacial score (nSPS) is 26.3. The number of fused-ring (bicyclic) bond motifs is 1. The number of imide groups is 1. The highest BCUT2D eigenvalue weighted by molar-refractivity contribution is 6.05. The maximum atomic E-state index is 12.3. The summed E-state index contributed by atoms with van der Waals surface area (Å²) in [7, 11) is 0. The molecule has 2 fully saturated rings. The number of hydrogen-bond donors (Lipinski definition) is 1. The minimum Gasteiger partial charge on any atom is -0.322 e. The van der Waals surface area contributed by atoms with Gasteiger partial charge in [0, 0.05) is 12.6 Å². The van der Waals surface area contributed by atoms with Crippen molar-refractivity contribution in [3.8, 4) is 0 Å². The molecular formula is C17H22N2O2. The topological polar surface area (TPSA) is 63.4 Å². The van der Waals surface area contributed by atoms with Gasteiger partial charge in [0.2, 0.25) is 11.8 Å². The molecule has 1 heterocycles. The van der Waals surface area contributed by atoms with Gasteiger partial charge in [-0.05, 0) is 43.4 Å². The summed E-state index contributed by atoms with van der Waals surface area (Å²) in [4.78, 5) is 26.1. The van der Waals surface area contributed by atoms with Crippen molar-refractivity contribution < 1.29 is 9.59 Å². The Kier molecular flexibility index (Phi) is 3.57. The van der Waals surface area contributed by atoms with Crippen molar-refractivity contribution in [1.82, 2.24) is 4.90 Å². The molecule has 1 aliphatic heterocycles. The summed E-state index contributed by atoms with van der Waals surface area (Å²) in [6.07, 6.45) is 2.69. The van der Waals surface area contributed by atoms with E-state index in [0.29, 0.717) is 6.54 Å². The number of benzene rings is 1. The molecule has 1 aromatic rings. The summed E-state index contributed by atoms with van der Waals surface area (Å²) < 4.78 is 0. The van der Waals surface area contributed by atoms with E-state index in [1.165, 1.54) is 16.0 Å². The van der Waals surface area contributed by atoms with Crippen LogP contribution in [0.3, 0.4) is 0 Å². The molecule has 2 amide bonds. The summed E-state index contributed by atoms with van der Waals surface area (Å²) in [5.41, 5.74) is 9.60. The number of carbonyl (C=O) groups is 2. The first-order chi connectivity index (χ1) is 9.99. The lowest BCUT2D eigenvalue weighted by atomic mass is 10.00. The lowest BCUT2D eigenvalue weighted by molar-refractivity contribution is -0.140. The summed E-state index contributed by atoms with van der Waals surface area (Å²) in [6.45, 7) is 4.40. The number of carbonyl (C=O) groups excluding carboxylic acids is 2. The fourth-order valence-corrected chi connectivity index (χ4v) is 3.54. The largest absolute Gasteiger partial charge is 0.322 e. The third-order valence-corrected chi connectivity index (χ3v) is 5.02. The van der Waals surface area contributed by atoms with Gasteiger partial charge in [0.05, 0.1) is 11.8 Å². The van der Waals surface area contributed by atoms with Crippen molar-refractivity contribution in [2.45, 2.75) is 39.2 Å². The van der Waals surface area contributed by atoms with Gasteiger partial charge >= 0.3 is 0 Å². The number of rotatable bonds is 3. The molecule has 0 aromatic heterocycles. The van der Waals surface area contributed by atoms with Gasteiger partial charge < -0.3 is 5.73 Å². The molecule has 2 aliphatic rings. The third kappa shape index (κ3) is 2.38. The minimum atomic E-state index is -0.309. The highest BCUT2D eigenvalue weighted by Gasteiger charge is 2.49. The van der Waals surface area contributed by atoms with E-state index in [9.17, 15) is 9.59 Å². The standard InChI is InChI=1S/C17H22N2O2/c1-10-6-7-12(8-11(10)2)15(18)9-19-16(20)13-4-3-5-14(13)17(19)21/h6-8,13-15H,3-5,9,18H2,1-2H3. The molecule has 1 aromatic carbocycles. The first kappa shape index (κ1) is 14.3. The first-order valence-corrected chi connectivity index (χ1v) is 7.67. The number of nitrogens with two attached hydrogens (primary N) is 1. The Bertz CT molecular complexity index is 574. The van der Waals surface area contributed by atoms with Crippen LogP contribution in [0.1, 0.15) is 42.0 Å². The number of hydrogen-bond acceptors (Lipinski definition) is 3. The Morgan fingerprint density at radius 1 is 1.14 bits per heavy atom. The van der Waals surface area contributed by atoms with E-state index in [0.717, 1.165) is 24.8 Å². The number of likely N-dealkylation sites (tertiary alicyclic amines) is 1. The van der Waals surface area contributed by atoms with E-state index < -0.39 is 0 Å². The fraction of sp³-hybridized carbons (Fsp3) is 0.529. The molecular weight excluding hydrogens is 264 g/mol. The van der Waals surface area contributed by atoms with Crippen molar-refractivity contribution in [3.63, 3.8) is 0 Å². The smallest absolute Gasteiger partial charge is 0.233 e. The van der Waals surface area contributed by atoms with Crippen molar-refractivity contribution in [1.29, 1.82) is 0 Å². The molecule has 2 N–H and O–H groups in total. The molecule has 0 radical (unpaired) electrons. The summed E-state index contributed by atoms with van der Waals surface area (Å²) in [5, 5.41) is 0. The predicted octanol–water partition coefficient (Wildman–Crippen LogP) is 2.09. The van der Waals surface area contributed by atoms with Gasteiger partial charge in [0.1, 0.15) is 0 Å². The summed E-state index contributed by atoms with van der Waals surface area (Å²) >= 11 is 0. The first-order valence-electron chi connectivity index (χ1n) is 7.67. The SMILES string of the molecule is Cc1ccc(C(N)CN2C(=O)C3CCCC3C2=O)cc1C. The van der Waals surface area contributed by atoms with Crippen LogP contribution in [-0.4, -0.2) is 23.3 Å². The van der Waals surface area contributed by atoms with Crippen LogP contribution in [0.5, 0.6) is 0 Å². The van der Waals surface area contributed by atoms with Crippen LogP contribution in [-0.2, 0) is 9.59 Å². The molecule has 0 spiro atoms. The fourth-order valence-electron chi connectivity index (χ4n) is 3.54. The van der Waals surface area contributed by atoms with E-state index in [-0.39, 0.29) is 29.7 Å². The Labute approximate surface area is 125 Å². The number of nitrogens with zero attached hydrogens (tertiary/aromatic N) is 1. The van der Waals surface area contributed by atoms with E-state index in [1.807, 2.05) is 25.1 Å². The number of amides is 2. The highest BCUT2D eigenvalue weighted by Crippen LogP contribution is 2.40. The molecule has 3 unspecified atom stereocenters. The van der Waals surface area contributed by atoms with Crippen LogP contribution in [0.4, 0.5) is 0 Å². The van der Waals surface area contributed by atoms with Crippen LogP contribution in [0.2, 0.25) is 0 Å². The maximum absolute atomic E-state index is 12.3. The molecule has 4 nitrogen and oxygen atoms in total. The highest BCUT2D eigenvalue weighted by atomic mass is 16.2. The van der Waals surface area contributed by atoms with Crippen molar-refractivity contribution in [2.75, 3.05) is 6.54 Å². The second-order valence-corrected chi connectivity index (χ2v) is 6.38. The molecule has 3 rings (SSSR count). The summed E-state index contributed by atoms with van der Waals surface area (Å²) in [5.74, 6) is -0.183. The predicted molar refractivity (Wildman–Crippen MR) is 80.4 cm³/mol. The Morgan fingerprint density at radius 2 is 1.76 bits per heavy atom. The van der Waals surface area contributed by atoms with Gasteiger partial charge in [-0.3, -0.25) is 14.5 Å². The van der Waals surface area contributed by atoms with Crippen LogP contribution in [0, 0.1) is 25.7 Å².